The molecule has 2 atom stereocenters. The van der Waals surface area contributed by atoms with Gasteiger partial charge in [-0.15, -0.1) is 0 Å². The number of hydrogen-bond donors (Lipinski definition) is 1. The molecule has 5 rings (SSSR count). The zero-order valence-corrected chi connectivity index (χ0v) is 18.2. The first-order valence-corrected chi connectivity index (χ1v) is 11.3. The predicted octanol–water partition coefficient (Wildman–Crippen LogP) is 2.91. The molecule has 0 saturated carbocycles. The summed E-state index contributed by atoms with van der Waals surface area (Å²) >= 11 is 0. The van der Waals surface area contributed by atoms with Gasteiger partial charge in [-0.05, 0) is 45.2 Å². The third-order valence-electron chi connectivity index (χ3n) is 6.52. The van der Waals surface area contributed by atoms with Crippen LogP contribution in [-0.4, -0.2) is 63.0 Å². The molecule has 3 aromatic rings. The van der Waals surface area contributed by atoms with E-state index in [-0.39, 0.29) is 18.8 Å². The van der Waals surface area contributed by atoms with Gasteiger partial charge in [0.15, 0.2) is 0 Å². The van der Waals surface area contributed by atoms with Gasteiger partial charge >= 0.3 is 0 Å². The molecule has 31 heavy (non-hydrogen) atoms. The maximum absolute atomic E-state index is 10.0. The Balaban J connectivity index is 1.67. The second-order valence-corrected chi connectivity index (χ2v) is 8.45. The molecule has 0 aliphatic carbocycles. The van der Waals surface area contributed by atoms with Crippen LogP contribution < -0.4 is 9.80 Å². The van der Waals surface area contributed by atoms with E-state index in [4.69, 9.17) is 14.7 Å². The van der Waals surface area contributed by atoms with Gasteiger partial charge in [-0.25, -0.2) is 4.98 Å². The van der Waals surface area contributed by atoms with Crippen LogP contribution in [0.1, 0.15) is 38.9 Å². The normalized spacial score (nSPS) is 22.3. The second kappa shape index (κ2) is 8.43. The van der Waals surface area contributed by atoms with Crippen LogP contribution in [0.3, 0.4) is 0 Å². The van der Waals surface area contributed by atoms with Crippen LogP contribution in [0.25, 0.3) is 17.0 Å². The number of imidazole rings is 1. The Morgan fingerprint density at radius 3 is 2.58 bits per heavy atom. The lowest BCUT2D eigenvalue weighted by Crippen LogP contribution is -2.49. The Labute approximate surface area is 182 Å². The largest absolute Gasteiger partial charge is 0.388 e. The number of aliphatic hydroxyl groups excluding tert-OH is 1. The van der Waals surface area contributed by atoms with Crippen molar-refractivity contribution in [1.29, 1.82) is 0 Å². The standard InChI is InChI=1S/C23H30N6O2/c1-16-17(2)31-13-12-28(16)21-14-20(27-10-6-3-7-11-27)25-23(26-21)29-19-9-5-4-8-18(19)24-22(29)15-30/h4-5,8-9,14,16-17,30H,3,6-7,10-13,15H2,1-2H3. The monoisotopic (exact) mass is 422 g/mol. The van der Waals surface area contributed by atoms with Crippen LogP contribution in [0.15, 0.2) is 30.3 Å². The maximum atomic E-state index is 10.0. The number of anilines is 2. The number of para-hydroxylation sites is 2. The molecule has 2 saturated heterocycles. The number of piperidine rings is 1. The van der Waals surface area contributed by atoms with Crippen LogP contribution in [0.5, 0.6) is 0 Å². The van der Waals surface area contributed by atoms with E-state index in [9.17, 15) is 5.11 Å². The summed E-state index contributed by atoms with van der Waals surface area (Å²) in [4.78, 5) is 19.2. The van der Waals surface area contributed by atoms with Gasteiger partial charge in [-0.2, -0.15) is 9.97 Å². The Kier molecular flexibility index (Phi) is 5.50. The lowest BCUT2D eigenvalue weighted by molar-refractivity contribution is 0.0281. The summed E-state index contributed by atoms with van der Waals surface area (Å²) in [6.45, 7) is 7.59. The highest BCUT2D eigenvalue weighted by molar-refractivity contribution is 5.77. The van der Waals surface area contributed by atoms with Gasteiger partial charge in [0.1, 0.15) is 24.1 Å². The summed E-state index contributed by atoms with van der Waals surface area (Å²) in [5.74, 6) is 2.94. The molecule has 0 radical (unpaired) electrons. The molecule has 1 N–H and O–H groups in total. The van der Waals surface area contributed by atoms with Gasteiger partial charge < -0.3 is 19.6 Å². The predicted molar refractivity (Wildman–Crippen MR) is 121 cm³/mol. The Morgan fingerprint density at radius 1 is 1.00 bits per heavy atom. The van der Waals surface area contributed by atoms with Gasteiger partial charge in [-0.1, -0.05) is 12.1 Å². The van der Waals surface area contributed by atoms with Crippen LogP contribution >= 0.6 is 0 Å². The highest BCUT2D eigenvalue weighted by atomic mass is 16.5. The number of rotatable bonds is 4. The van der Waals surface area contributed by atoms with Crippen molar-refractivity contribution >= 4 is 22.7 Å². The van der Waals surface area contributed by atoms with E-state index in [1.54, 1.807) is 0 Å². The van der Waals surface area contributed by atoms with Crippen LogP contribution in [-0.2, 0) is 11.3 Å². The summed E-state index contributed by atoms with van der Waals surface area (Å²) in [7, 11) is 0. The fraction of sp³-hybridized carbons (Fsp3) is 0.522. The van der Waals surface area contributed by atoms with Crippen LogP contribution in [0.2, 0.25) is 0 Å². The minimum Gasteiger partial charge on any atom is -0.388 e. The Bertz CT molecular complexity index is 1060. The van der Waals surface area contributed by atoms with E-state index < -0.39 is 0 Å². The molecule has 164 valence electrons. The highest BCUT2D eigenvalue weighted by Crippen LogP contribution is 2.29. The second-order valence-electron chi connectivity index (χ2n) is 8.45. The van der Waals surface area contributed by atoms with Gasteiger partial charge in [0.05, 0.1) is 29.8 Å². The number of fused-ring (bicyclic) bond motifs is 1. The van der Waals surface area contributed by atoms with E-state index in [1.165, 1.54) is 19.3 Å². The molecule has 8 nitrogen and oxygen atoms in total. The number of benzene rings is 1. The van der Waals surface area contributed by atoms with Crippen molar-refractivity contribution in [2.24, 2.45) is 0 Å². The quantitative estimate of drug-likeness (QED) is 0.692. The number of nitrogens with zero attached hydrogens (tertiary/aromatic N) is 6. The van der Waals surface area contributed by atoms with Crippen molar-refractivity contribution in [3.63, 3.8) is 0 Å². The van der Waals surface area contributed by atoms with Crippen molar-refractivity contribution in [2.45, 2.75) is 51.9 Å². The molecule has 0 bridgehead atoms. The minimum absolute atomic E-state index is 0.132. The summed E-state index contributed by atoms with van der Waals surface area (Å²) in [5.41, 5.74) is 1.73. The lowest BCUT2D eigenvalue weighted by Gasteiger charge is -2.39. The van der Waals surface area contributed by atoms with Crippen molar-refractivity contribution in [3.05, 3.63) is 36.2 Å². The molecule has 1 aromatic carbocycles. The Morgan fingerprint density at radius 2 is 1.77 bits per heavy atom. The highest BCUT2D eigenvalue weighted by Gasteiger charge is 2.28. The minimum atomic E-state index is -0.174. The first-order valence-electron chi connectivity index (χ1n) is 11.3. The molecular weight excluding hydrogens is 392 g/mol. The average Bonchev–Trinajstić information content (AvgIpc) is 3.20. The fourth-order valence-electron chi connectivity index (χ4n) is 4.60. The van der Waals surface area contributed by atoms with E-state index in [0.29, 0.717) is 18.4 Å². The first kappa shape index (κ1) is 20.2. The van der Waals surface area contributed by atoms with Gasteiger partial charge in [0, 0.05) is 25.7 Å². The van der Waals surface area contributed by atoms with E-state index in [0.717, 1.165) is 42.3 Å². The molecule has 2 aliphatic rings. The van der Waals surface area contributed by atoms with Gasteiger partial charge in [0.25, 0.3) is 0 Å². The number of hydrogen-bond acceptors (Lipinski definition) is 7. The fourth-order valence-corrected chi connectivity index (χ4v) is 4.60. The summed E-state index contributed by atoms with van der Waals surface area (Å²) < 4.78 is 7.73. The topological polar surface area (TPSA) is 79.5 Å². The van der Waals surface area contributed by atoms with Crippen LogP contribution in [0.4, 0.5) is 11.6 Å². The summed E-state index contributed by atoms with van der Waals surface area (Å²) in [5, 5.41) is 10.0. The molecule has 2 unspecified atom stereocenters. The van der Waals surface area contributed by atoms with E-state index >= 15 is 0 Å². The first-order chi connectivity index (χ1) is 15.2. The molecule has 2 fully saturated rings. The van der Waals surface area contributed by atoms with Crippen LogP contribution in [0, 0.1) is 0 Å². The van der Waals surface area contributed by atoms with Crippen molar-refractivity contribution < 1.29 is 9.84 Å². The van der Waals surface area contributed by atoms with Crippen molar-refractivity contribution in [1.82, 2.24) is 19.5 Å². The van der Waals surface area contributed by atoms with Crippen molar-refractivity contribution in [3.8, 4) is 5.95 Å². The molecule has 0 amide bonds. The summed E-state index contributed by atoms with van der Waals surface area (Å²) in [6.07, 6.45) is 3.75. The number of ether oxygens (including phenoxy) is 1. The molecule has 4 heterocycles. The molecule has 2 aliphatic heterocycles. The average molecular weight is 423 g/mol. The molecular formula is C23H30N6O2. The summed E-state index contributed by atoms with van der Waals surface area (Å²) in [6, 6.07) is 10.2. The van der Waals surface area contributed by atoms with E-state index in [2.05, 4.69) is 34.7 Å². The lowest BCUT2D eigenvalue weighted by atomic mass is 10.1. The maximum Gasteiger partial charge on any atom is 0.239 e. The zero-order valence-electron chi connectivity index (χ0n) is 18.2. The molecule has 0 spiro atoms. The number of aromatic nitrogens is 4. The molecule has 2 aromatic heterocycles. The number of aliphatic hydroxyl groups is 1. The van der Waals surface area contributed by atoms with Gasteiger partial charge in [-0.3, -0.25) is 4.57 Å². The SMILES string of the molecule is CC1OCCN(c2cc(N3CCCCC3)nc(-n3c(CO)nc4ccccc43)n2)C1C. The molecule has 8 heteroatoms. The smallest absolute Gasteiger partial charge is 0.239 e. The Hall–Kier alpha value is -2.71. The third kappa shape index (κ3) is 3.74. The van der Waals surface area contributed by atoms with Gasteiger partial charge in [0.2, 0.25) is 5.95 Å². The number of morpholine rings is 1. The third-order valence-corrected chi connectivity index (χ3v) is 6.52. The zero-order chi connectivity index (χ0) is 21.4. The van der Waals surface area contributed by atoms with Crippen molar-refractivity contribution in [2.75, 3.05) is 36.0 Å². The van der Waals surface area contributed by atoms with E-state index in [1.807, 2.05) is 28.8 Å².